The van der Waals surface area contributed by atoms with E-state index in [9.17, 15) is 9.59 Å². The van der Waals surface area contributed by atoms with Crippen molar-refractivity contribution in [2.75, 3.05) is 0 Å². The molecule has 2 amide bonds. The van der Waals surface area contributed by atoms with Gasteiger partial charge in [0.05, 0.1) is 0 Å². The Morgan fingerprint density at radius 2 is 1.43 bits per heavy atom. The Morgan fingerprint density at radius 1 is 0.929 bits per heavy atom. The van der Waals surface area contributed by atoms with Gasteiger partial charge < -0.3 is 10.6 Å². The Kier molecular flexibility index (Phi) is 1.95. The van der Waals surface area contributed by atoms with Crippen LogP contribution in [0.3, 0.4) is 0 Å². The molecule has 3 rings (SSSR count). The minimum atomic E-state index is 0.0938. The summed E-state index contributed by atoms with van der Waals surface area (Å²) in [5, 5.41) is 6.84. The minimum Gasteiger partial charge on any atom is -0.343 e. The summed E-state index contributed by atoms with van der Waals surface area (Å²) in [7, 11) is 0. The molecule has 1 saturated carbocycles. The van der Waals surface area contributed by atoms with Crippen molar-refractivity contribution in [3.63, 3.8) is 0 Å². The summed E-state index contributed by atoms with van der Waals surface area (Å²) in [6.07, 6.45) is 1.86. The highest BCUT2D eigenvalue weighted by molar-refractivity contribution is 8.15. The first-order valence-corrected chi connectivity index (χ1v) is 6.42. The predicted molar refractivity (Wildman–Crippen MR) is 56.6 cm³/mol. The fourth-order valence-corrected chi connectivity index (χ4v) is 4.75. The van der Waals surface area contributed by atoms with Crippen LogP contribution in [0.2, 0.25) is 0 Å². The predicted octanol–water partition coefficient (Wildman–Crippen LogP) is 1.17. The quantitative estimate of drug-likeness (QED) is 0.656. The smallest absolute Gasteiger partial charge is 0.279 e. The first-order chi connectivity index (χ1) is 6.72. The van der Waals surface area contributed by atoms with Crippen LogP contribution >= 0.6 is 23.5 Å². The maximum Gasteiger partial charge on any atom is 0.279 e. The van der Waals surface area contributed by atoms with Crippen molar-refractivity contribution in [1.82, 2.24) is 10.6 Å². The van der Waals surface area contributed by atoms with Crippen molar-refractivity contribution < 1.29 is 9.59 Å². The molecule has 3 aliphatic rings. The molecular weight excluding hydrogens is 220 g/mol. The maximum atomic E-state index is 11.2. The molecule has 0 radical (unpaired) electrons. The first-order valence-electron chi connectivity index (χ1n) is 4.66. The van der Waals surface area contributed by atoms with E-state index < -0.39 is 0 Å². The number of hydrogen-bond donors (Lipinski definition) is 2. The molecule has 2 N–H and O–H groups in total. The van der Waals surface area contributed by atoms with Gasteiger partial charge in [0.1, 0.15) is 0 Å². The van der Waals surface area contributed by atoms with E-state index in [1.807, 2.05) is 0 Å². The summed E-state index contributed by atoms with van der Waals surface area (Å²) >= 11 is 2.79. The Morgan fingerprint density at radius 3 is 1.93 bits per heavy atom. The number of fused-ring (bicyclic) bond motifs is 2. The molecule has 0 aromatic rings. The summed E-state index contributed by atoms with van der Waals surface area (Å²) in [6.45, 7) is 0. The van der Waals surface area contributed by atoms with Crippen LogP contribution in [-0.4, -0.2) is 33.1 Å². The number of thioether (sulfide) groups is 2. The van der Waals surface area contributed by atoms with E-state index in [1.165, 1.54) is 23.5 Å². The van der Waals surface area contributed by atoms with Gasteiger partial charge in [0.2, 0.25) is 0 Å². The molecule has 14 heavy (non-hydrogen) atoms. The minimum absolute atomic E-state index is 0.0938. The number of hydrogen-bond acceptors (Lipinski definition) is 4. The Labute approximate surface area is 89.9 Å². The largest absolute Gasteiger partial charge is 0.343 e. The SMILES string of the molecule is O=C1NC2CC3NC(=O)SC3CC2S1. The fourth-order valence-electron chi connectivity index (χ4n) is 2.34. The normalized spacial score (nSPS) is 45.4. The fraction of sp³-hybridized carbons (Fsp3) is 0.750. The lowest BCUT2D eigenvalue weighted by Crippen LogP contribution is -2.47. The van der Waals surface area contributed by atoms with Gasteiger partial charge in [-0.1, -0.05) is 23.5 Å². The molecule has 76 valence electrons. The highest BCUT2D eigenvalue weighted by atomic mass is 32.2. The molecule has 0 aromatic carbocycles. The van der Waals surface area contributed by atoms with Gasteiger partial charge in [0, 0.05) is 22.6 Å². The first kappa shape index (κ1) is 8.91. The molecule has 4 unspecified atom stereocenters. The molecule has 0 spiro atoms. The summed E-state index contributed by atoms with van der Waals surface area (Å²) < 4.78 is 0. The number of nitrogens with one attached hydrogen (secondary N) is 2. The molecule has 4 nitrogen and oxygen atoms in total. The average Bonchev–Trinajstić information content (AvgIpc) is 2.59. The molecule has 2 aliphatic heterocycles. The second-order valence-corrected chi connectivity index (χ2v) is 6.28. The van der Waals surface area contributed by atoms with Gasteiger partial charge in [0.25, 0.3) is 10.5 Å². The van der Waals surface area contributed by atoms with Crippen molar-refractivity contribution >= 4 is 34.0 Å². The summed E-state index contributed by atoms with van der Waals surface area (Å²) in [6, 6.07) is 0.542. The van der Waals surface area contributed by atoms with Gasteiger partial charge in [0.15, 0.2) is 0 Å². The second-order valence-electron chi connectivity index (χ2n) is 3.86. The van der Waals surface area contributed by atoms with E-state index in [1.54, 1.807) is 0 Å². The lowest BCUT2D eigenvalue weighted by atomic mass is 9.90. The third-order valence-corrected chi connectivity index (χ3v) is 5.30. The van der Waals surface area contributed by atoms with Gasteiger partial charge in [-0.15, -0.1) is 0 Å². The monoisotopic (exact) mass is 230 g/mol. The van der Waals surface area contributed by atoms with Gasteiger partial charge in [-0.05, 0) is 12.8 Å². The Bertz CT molecular complexity index is 256. The zero-order chi connectivity index (χ0) is 9.71. The molecule has 2 saturated heterocycles. The van der Waals surface area contributed by atoms with E-state index in [0.717, 1.165) is 12.8 Å². The van der Waals surface area contributed by atoms with Crippen LogP contribution in [0.5, 0.6) is 0 Å². The number of rotatable bonds is 0. The van der Waals surface area contributed by atoms with Crippen molar-refractivity contribution in [3.05, 3.63) is 0 Å². The highest BCUT2D eigenvalue weighted by Crippen LogP contribution is 2.41. The van der Waals surface area contributed by atoms with Crippen LogP contribution in [0.1, 0.15) is 12.8 Å². The van der Waals surface area contributed by atoms with E-state index >= 15 is 0 Å². The molecule has 6 heteroatoms. The van der Waals surface area contributed by atoms with Crippen LogP contribution in [0.25, 0.3) is 0 Å². The van der Waals surface area contributed by atoms with Gasteiger partial charge >= 0.3 is 0 Å². The molecule has 0 bridgehead atoms. The Hall–Kier alpha value is -0.360. The van der Waals surface area contributed by atoms with Gasteiger partial charge in [-0.2, -0.15) is 0 Å². The standard InChI is InChI=1S/C8H10N2O2S2/c11-7-9-3-1-4-6(2-5(3)13-7)14-8(12)10-4/h3-6H,1-2H2,(H,9,11)(H,10,12). The number of carbonyl (C=O) groups is 2. The zero-order valence-corrected chi connectivity index (χ0v) is 8.99. The summed E-state index contributed by atoms with van der Waals surface area (Å²) in [4.78, 5) is 22.3. The molecule has 2 heterocycles. The van der Waals surface area contributed by atoms with Crippen LogP contribution in [-0.2, 0) is 0 Å². The van der Waals surface area contributed by atoms with E-state index in [-0.39, 0.29) is 22.6 Å². The lowest BCUT2D eigenvalue weighted by molar-refractivity contribution is 0.252. The number of carbonyl (C=O) groups excluding carboxylic acids is 2. The highest BCUT2D eigenvalue weighted by Gasteiger charge is 2.46. The van der Waals surface area contributed by atoms with E-state index in [2.05, 4.69) is 10.6 Å². The van der Waals surface area contributed by atoms with Crippen molar-refractivity contribution in [3.8, 4) is 0 Å². The number of amides is 2. The molecule has 4 atom stereocenters. The van der Waals surface area contributed by atoms with Crippen LogP contribution in [0, 0.1) is 0 Å². The average molecular weight is 230 g/mol. The van der Waals surface area contributed by atoms with Gasteiger partial charge in [-0.25, -0.2) is 0 Å². The maximum absolute atomic E-state index is 11.2. The van der Waals surface area contributed by atoms with E-state index in [0.29, 0.717) is 10.5 Å². The summed E-state index contributed by atoms with van der Waals surface area (Å²) in [5.41, 5.74) is 0. The van der Waals surface area contributed by atoms with Crippen LogP contribution < -0.4 is 10.6 Å². The van der Waals surface area contributed by atoms with Crippen LogP contribution in [0.4, 0.5) is 9.59 Å². The van der Waals surface area contributed by atoms with Crippen molar-refractivity contribution in [2.45, 2.75) is 35.4 Å². The topological polar surface area (TPSA) is 58.2 Å². The van der Waals surface area contributed by atoms with E-state index in [4.69, 9.17) is 0 Å². The Balaban J connectivity index is 1.77. The van der Waals surface area contributed by atoms with Crippen molar-refractivity contribution in [1.29, 1.82) is 0 Å². The third-order valence-electron chi connectivity index (χ3n) is 2.99. The molecule has 0 aromatic heterocycles. The summed E-state index contributed by atoms with van der Waals surface area (Å²) in [5.74, 6) is 0. The lowest BCUT2D eigenvalue weighted by Gasteiger charge is -2.31. The second kappa shape index (κ2) is 3.06. The zero-order valence-electron chi connectivity index (χ0n) is 7.36. The molecule has 1 aliphatic carbocycles. The van der Waals surface area contributed by atoms with Gasteiger partial charge in [-0.3, -0.25) is 9.59 Å². The third kappa shape index (κ3) is 1.32. The molecular formula is C8H10N2O2S2. The van der Waals surface area contributed by atoms with Crippen LogP contribution in [0.15, 0.2) is 0 Å². The van der Waals surface area contributed by atoms with Crippen molar-refractivity contribution in [2.24, 2.45) is 0 Å². The molecule has 3 fully saturated rings.